The van der Waals surface area contributed by atoms with Crippen LogP contribution < -0.4 is 11.1 Å². The molecule has 0 saturated heterocycles. The van der Waals surface area contributed by atoms with Gasteiger partial charge in [0.25, 0.3) is 0 Å². The monoisotopic (exact) mass is 429 g/mol. The molecule has 0 unspecified atom stereocenters. The van der Waals surface area contributed by atoms with Gasteiger partial charge in [-0.05, 0) is 29.8 Å². The van der Waals surface area contributed by atoms with Crippen molar-refractivity contribution in [1.82, 2.24) is 15.2 Å². The number of halogens is 4. The van der Waals surface area contributed by atoms with Crippen LogP contribution in [-0.4, -0.2) is 29.4 Å². The van der Waals surface area contributed by atoms with E-state index in [1.54, 1.807) is 0 Å². The van der Waals surface area contributed by atoms with Crippen molar-refractivity contribution in [2.24, 2.45) is 0 Å². The Morgan fingerprint density at radius 1 is 1.17 bits per heavy atom. The average molecular weight is 429 g/mol. The Hall–Kier alpha value is -3.15. The lowest BCUT2D eigenvalue weighted by molar-refractivity contribution is -0.137. The van der Waals surface area contributed by atoms with Gasteiger partial charge in [0.15, 0.2) is 9.84 Å². The van der Waals surface area contributed by atoms with Gasteiger partial charge in [-0.15, -0.1) is 5.10 Å². The van der Waals surface area contributed by atoms with E-state index in [1.807, 2.05) is 0 Å². The smallest absolute Gasteiger partial charge is 0.368 e. The molecule has 0 saturated carbocycles. The molecule has 1 aromatic heterocycles. The number of nitrogen functional groups attached to an aromatic ring is 1. The van der Waals surface area contributed by atoms with E-state index in [9.17, 15) is 26.0 Å². The van der Waals surface area contributed by atoms with Crippen LogP contribution in [0.1, 0.15) is 12.5 Å². The molecular weight excluding hydrogens is 414 g/mol. The van der Waals surface area contributed by atoms with Crippen LogP contribution in [0.4, 0.5) is 35.1 Å². The normalized spacial score (nSPS) is 12.2. The van der Waals surface area contributed by atoms with Crippen LogP contribution in [0.5, 0.6) is 0 Å². The van der Waals surface area contributed by atoms with Crippen molar-refractivity contribution in [3.63, 3.8) is 0 Å². The summed E-state index contributed by atoms with van der Waals surface area (Å²) in [7, 11) is -3.54. The van der Waals surface area contributed by atoms with Crippen molar-refractivity contribution in [3.05, 3.63) is 47.8 Å². The van der Waals surface area contributed by atoms with E-state index in [2.05, 4.69) is 20.5 Å². The molecule has 12 heteroatoms. The SMILES string of the molecule is CCS(=O)(=O)c1ccc(-c2c(F)cc(Nc3n[nH]c(N)n3)cc2C(F)(F)F)cc1. The Balaban J connectivity index is 2.08. The first-order valence-electron chi connectivity index (χ1n) is 8.20. The highest BCUT2D eigenvalue weighted by Crippen LogP contribution is 2.41. The summed E-state index contributed by atoms with van der Waals surface area (Å²) in [5.41, 5.74) is 3.06. The molecule has 7 nitrogen and oxygen atoms in total. The van der Waals surface area contributed by atoms with Crippen molar-refractivity contribution >= 4 is 27.4 Å². The lowest BCUT2D eigenvalue weighted by atomic mass is 9.98. The number of hydrogen-bond donors (Lipinski definition) is 3. The van der Waals surface area contributed by atoms with E-state index in [0.717, 1.165) is 30.3 Å². The fourth-order valence-corrected chi connectivity index (χ4v) is 3.53. The van der Waals surface area contributed by atoms with Gasteiger partial charge in [-0.2, -0.15) is 18.2 Å². The minimum absolute atomic E-state index is 0.0572. The van der Waals surface area contributed by atoms with Gasteiger partial charge in [-0.1, -0.05) is 19.1 Å². The van der Waals surface area contributed by atoms with Crippen LogP contribution in [-0.2, 0) is 16.0 Å². The topological polar surface area (TPSA) is 114 Å². The van der Waals surface area contributed by atoms with E-state index in [4.69, 9.17) is 5.73 Å². The zero-order chi connectivity index (χ0) is 21.4. The summed E-state index contributed by atoms with van der Waals surface area (Å²) >= 11 is 0. The predicted octanol–water partition coefficient (Wildman–Crippen LogP) is 3.75. The third kappa shape index (κ3) is 4.31. The molecule has 0 atom stereocenters. The zero-order valence-electron chi connectivity index (χ0n) is 14.9. The summed E-state index contributed by atoms with van der Waals surface area (Å²) in [5, 5.41) is 8.36. The van der Waals surface area contributed by atoms with E-state index >= 15 is 0 Å². The summed E-state index contributed by atoms with van der Waals surface area (Å²) in [6, 6.07) is 6.14. The minimum Gasteiger partial charge on any atom is -0.368 e. The summed E-state index contributed by atoms with van der Waals surface area (Å²) in [6.45, 7) is 1.44. The van der Waals surface area contributed by atoms with Crippen LogP contribution in [0, 0.1) is 5.82 Å². The third-order valence-electron chi connectivity index (χ3n) is 4.04. The Bertz CT molecular complexity index is 1140. The molecule has 0 fully saturated rings. The van der Waals surface area contributed by atoms with E-state index in [-0.39, 0.29) is 33.8 Å². The Kier molecular flexibility index (Phi) is 5.22. The zero-order valence-corrected chi connectivity index (χ0v) is 15.7. The number of anilines is 3. The molecule has 0 bridgehead atoms. The second kappa shape index (κ2) is 7.35. The standard InChI is InChI=1S/C17H15F4N5O2S/c1-2-29(27,28)11-5-3-9(4-6-11)14-12(17(19,20)21)7-10(8-13(14)18)23-16-24-15(22)25-26-16/h3-8H,2H2,1H3,(H4,22,23,24,25,26). The lowest BCUT2D eigenvalue weighted by Gasteiger charge is -2.16. The van der Waals surface area contributed by atoms with Gasteiger partial charge in [-0.3, -0.25) is 0 Å². The Labute approximate surface area is 162 Å². The first-order chi connectivity index (χ1) is 13.5. The molecule has 3 rings (SSSR count). The highest BCUT2D eigenvalue weighted by Gasteiger charge is 2.36. The summed E-state index contributed by atoms with van der Waals surface area (Å²) < 4.78 is 79.3. The molecule has 29 heavy (non-hydrogen) atoms. The molecule has 0 amide bonds. The van der Waals surface area contributed by atoms with Gasteiger partial charge < -0.3 is 11.1 Å². The van der Waals surface area contributed by atoms with Crippen LogP contribution >= 0.6 is 0 Å². The van der Waals surface area contributed by atoms with Crippen molar-refractivity contribution in [2.45, 2.75) is 18.0 Å². The van der Waals surface area contributed by atoms with Gasteiger partial charge >= 0.3 is 6.18 Å². The van der Waals surface area contributed by atoms with Crippen molar-refractivity contribution < 1.29 is 26.0 Å². The number of H-pyrrole nitrogens is 1. The molecule has 2 aromatic carbocycles. The van der Waals surface area contributed by atoms with Crippen molar-refractivity contribution in [2.75, 3.05) is 16.8 Å². The quantitative estimate of drug-likeness (QED) is 0.533. The van der Waals surface area contributed by atoms with Crippen LogP contribution in [0.2, 0.25) is 0 Å². The number of hydrogen-bond acceptors (Lipinski definition) is 6. The maximum absolute atomic E-state index is 14.7. The second-order valence-electron chi connectivity index (χ2n) is 5.98. The van der Waals surface area contributed by atoms with E-state index < -0.39 is 33.0 Å². The van der Waals surface area contributed by atoms with Gasteiger partial charge in [0.2, 0.25) is 11.9 Å². The van der Waals surface area contributed by atoms with Crippen LogP contribution in [0.25, 0.3) is 11.1 Å². The Morgan fingerprint density at radius 2 is 1.83 bits per heavy atom. The highest BCUT2D eigenvalue weighted by molar-refractivity contribution is 7.91. The Morgan fingerprint density at radius 3 is 2.34 bits per heavy atom. The molecule has 0 aliphatic rings. The largest absolute Gasteiger partial charge is 0.417 e. The molecular formula is C17H15F4N5O2S. The molecule has 0 aliphatic heterocycles. The predicted molar refractivity (Wildman–Crippen MR) is 98.6 cm³/mol. The first kappa shape index (κ1) is 20.6. The van der Waals surface area contributed by atoms with E-state index in [1.165, 1.54) is 6.92 Å². The highest BCUT2D eigenvalue weighted by atomic mass is 32.2. The summed E-state index contributed by atoms with van der Waals surface area (Å²) in [6.07, 6.45) is -4.87. The number of nitrogens with one attached hydrogen (secondary N) is 2. The van der Waals surface area contributed by atoms with Crippen LogP contribution in [0.3, 0.4) is 0 Å². The lowest BCUT2D eigenvalue weighted by Crippen LogP contribution is -2.10. The fraction of sp³-hybridized carbons (Fsp3) is 0.176. The summed E-state index contributed by atoms with van der Waals surface area (Å²) in [5.74, 6) is -1.52. The van der Waals surface area contributed by atoms with Gasteiger partial charge in [0.05, 0.1) is 16.2 Å². The average Bonchev–Trinajstić information content (AvgIpc) is 3.05. The van der Waals surface area contributed by atoms with E-state index in [0.29, 0.717) is 6.07 Å². The maximum atomic E-state index is 14.7. The number of alkyl halides is 3. The third-order valence-corrected chi connectivity index (χ3v) is 5.79. The molecule has 4 N–H and O–H groups in total. The number of benzene rings is 2. The number of sulfone groups is 1. The number of nitrogens with zero attached hydrogens (tertiary/aromatic N) is 2. The molecule has 154 valence electrons. The molecule has 0 aliphatic carbocycles. The minimum atomic E-state index is -4.87. The molecule has 3 aromatic rings. The van der Waals surface area contributed by atoms with Crippen LogP contribution in [0.15, 0.2) is 41.3 Å². The second-order valence-corrected chi connectivity index (χ2v) is 8.25. The maximum Gasteiger partial charge on any atom is 0.417 e. The number of rotatable bonds is 5. The van der Waals surface area contributed by atoms with Gasteiger partial charge in [0, 0.05) is 11.3 Å². The number of nitrogens with two attached hydrogens (primary N) is 1. The number of aromatic amines is 1. The number of aromatic nitrogens is 3. The molecule has 0 spiro atoms. The molecule has 0 radical (unpaired) electrons. The first-order valence-corrected chi connectivity index (χ1v) is 9.85. The van der Waals surface area contributed by atoms with Crippen molar-refractivity contribution in [1.29, 1.82) is 0 Å². The fourth-order valence-electron chi connectivity index (χ4n) is 2.65. The molecule has 1 heterocycles. The van der Waals surface area contributed by atoms with Crippen molar-refractivity contribution in [3.8, 4) is 11.1 Å². The summed E-state index contributed by atoms with van der Waals surface area (Å²) in [4.78, 5) is 3.63. The van der Waals surface area contributed by atoms with Gasteiger partial charge in [0.1, 0.15) is 5.82 Å². The van der Waals surface area contributed by atoms with Gasteiger partial charge in [-0.25, -0.2) is 17.9 Å².